The number of hydrogen-bond donors (Lipinski definition) is 1. The van der Waals surface area contributed by atoms with Crippen molar-refractivity contribution in [1.82, 2.24) is 9.88 Å². The monoisotopic (exact) mass is 278 g/mol. The lowest BCUT2D eigenvalue weighted by Gasteiger charge is -2.13. The van der Waals surface area contributed by atoms with E-state index in [-0.39, 0.29) is 0 Å². The molecule has 0 aliphatic heterocycles. The van der Waals surface area contributed by atoms with Crippen molar-refractivity contribution < 1.29 is 0 Å². The molecule has 1 aromatic rings. The summed E-state index contributed by atoms with van der Waals surface area (Å²) >= 11 is 0. The fourth-order valence-corrected chi connectivity index (χ4v) is 2.82. The van der Waals surface area contributed by atoms with Gasteiger partial charge in [-0.15, -0.1) is 0 Å². The average Bonchev–Trinajstić information content (AvgIpc) is 2.92. The van der Waals surface area contributed by atoms with Crippen LogP contribution in [0.3, 0.4) is 0 Å². The second-order valence-electron chi connectivity index (χ2n) is 5.93. The largest absolute Gasteiger partial charge is 0.354 e. The van der Waals surface area contributed by atoms with E-state index in [9.17, 15) is 0 Å². The maximum absolute atomic E-state index is 3.42. The van der Waals surface area contributed by atoms with Crippen LogP contribution < -0.4 is 5.32 Å². The molecule has 0 amide bonds. The number of hydrogen-bond acceptors (Lipinski definition) is 1. The molecule has 0 aliphatic rings. The summed E-state index contributed by atoms with van der Waals surface area (Å²) in [5, 5.41) is 3.42. The lowest BCUT2D eigenvalue weighted by molar-refractivity contribution is 0.533. The fraction of sp³-hybridized carbons (Fsp3) is 0.778. The van der Waals surface area contributed by atoms with Crippen LogP contribution >= 0.6 is 0 Å². The molecule has 1 rings (SSSR count). The number of rotatable bonds is 12. The van der Waals surface area contributed by atoms with E-state index >= 15 is 0 Å². The average molecular weight is 278 g/mol. The smallest absolute Gasteiger partial charge is 0.0332 e. The first-order chi connectivity index (χ1) is 9.81. The molecule has 0 spiro atoms. The third kappa shape index (κ3) is 6.60. The van der Waals surface area contributed by atoms with Crippen LogP contribution in [0.5, 0.6) is 0 Å². The van der Waals surface area contributed by atoms with Gasteiger partial charge in [-0.25, -0.2) is 0 Å². The van der Waals surface area contributed by atoms with Crippen molar-refractivity contribution in [2.45, 2.75) is 84.2 Å². The molecule has 1 aromatic heterocycles. The number of nitrogens with zero attached hydrogens (tertiary/aromatic N) is 1. The topological polar surface area (TPSA) is 17.0 Å². The maximum atomic E-state index is 3.42. The molecule has 116 valence electrons. The van der Waals surface area contributed by atoms with Gasteiger partial charge < -0.3 is 9.88 Å². The van der Waals surface area contributed by atoms with Crippen molar-refractivity contribution in [2.75, 3.05) is 7.05 Å². The minimum atomic E-state index is 0.523. The van der Waals surface area contributed by atoms with Crippen molar-refractivity contribution in [3.8, 4) is 0 Å². The van der Waals surface area contributed by atoms with Crippen LogP contribution in [0, 0.1) is 0 Å². The summed E-state index contributed by atoms with van der Waals surface area (Å²) in [5.74, 6) is 0. The summed E-state index contributed by atoms with van der Waals surface area (Å²) in [6.45, 7) is 5.71. The van der Waals surface area contributed by atoms with Gasteiger partial charge in [-0.3, -0.25) is 0 Å². The summed E-state index contributed by atoms with van der Waals surface area (Å²) in [6, 6.07) is 2.80. The zero-order valence-electron chi connectivity index (χ0n) is 13.8. The van der Waals surface area contributed by atoms with Gasteiger partial charge in [-0.1, -0.05) is 58.8 Å². The first kappa shape index (κ1) is 17.3. The first-order valence-electron chi connectivity index (χ1n) is 8.64. The third-order valence-corrected chi connectivity index (χ3v) is 4.12. The van der Waals surface area contributed by atoms with E-state index in [1.165, 1.54) is 69.9 Å². The van der Waals surface area contributed by atoms with Gasteiger partial charge in [-0.05, 0) is 31.5 Å². The number of aryl methyl sites for hydroxylation is 1. The van der Waals surface area contributed by atoms with Crippen LogP contribution in [0.1, 0.15) is 83.2 Å². The zero-order chi connectivity index (χ0) is 14.6. The van der Waals surface area contributed by atoms with Crippen molar-refractivity contribution in [3.05, 3.63) is 24.0 Å². The minimum absolute atomic E-state index is 0.523. The summed E-state index contributed by atoms with van der Waals surface area (Å²) in [7, 11) is 2.06. The van der Waals surface area contributed by atoms with E-state index in [1.54, 1.807) is 0 Å². The van der Waals surface area contributed by atoms with E-state index in [4.69, 9.17) is 0 Å². The van der Waals surface area contributed by atoms with Crippen LogP contribution in [-0.4, -0.2) is 11.6 Å². The molecule has 0 bridgehead atoms. The highest BCUT2D eigenvalue weighted by Gasteiger charge is 2.08. The molecular weight excluding hydrogens is 244 g/mol. The second kappa shape index (κ2) is 11.0. The standard InChI is InChI=1S/C18H34N2/c1-4-6-7-8-9-10-11-14-20-15-13-17(16-20)18(19-3)12-5-2/h13,15-16,18-19H,4-12,14H2,1-3H3. The third-order valence-electron chi connectivity index (χ3n) is 4.12. The van der Waals surface area contributed by atoms with Crippen LogP contribution in [0.2, 0.25) is 0 Å². The molecule has 0 saturated carbocycles. The Kier molecular flexibility index (Phi) is 9.48. The molecule has 0 radical (unpaired) electrons. The minimum Gasteiger partial charge on any atom is -0.354 e. The highest BCUT2D eigenvalue weighted by Crippen LogP contribution is 2.18. The summed E-state index contributed by atoms with van der Waals surface area (Å²) in [6.07, 6.45) is 16.7. The highest BCUT2D eigenvalue weighted by atomic mass is 14.9. The molecule has 0 aliphatic carbocycles. The van der Waals surface area contributed by atoms with E-state index in [0.29, 0.717) is 6.04 Å². The molecule has 2 nitrogen and oxygen atoms in total. The molecule has 0 fully saturated rings. The zero-order valence-corrected chi connectivity index (χ0v) is 13.8. The highest BCUT2D eigenvalue weighted by molar-refractivity contribution is 5.15. The molecule has 20 heavy (non-hydrogen) atoms. The van der Waals surface area contributed by atoms with E-state index < -0.39 is 0 Å². The Bertz CT molecular complexity index is 330. The Morgan fingerprint density at radius 1 is 1.00 bits per heavy atom. The normalized spacial score (nSPS) is 12.8. The van der Waals surface area contributed by atoms with Gasteiger partial charge in [0.25, 0.3) is 0 Å². The Labute approximate surface area is 126 Å². The van der Waals surface area contributed by atoms with Crippen LogP contribution in [0.15, 0.2) is 18.5 Å². The molecule has 1 N–H and O–H groups in total. The first-order valence-corrected chi connectivity index (χ1v) is 8.64. The molecular formula is C18H34N2. The molecule has 1 heterocycles. The van der Waals surface area contributed by atoms with Crippen LogP contribution in [0.4, 0.5) is 0 Å². The van der Waals surface area contributed by atoms with Gasteiger partial charge in [-0.2, -0.15) is 0 Å². The van der Waals surface area contributed by atoms with Gasteiger partial charge in [0.1, 0.15) is 0 Å². The van der Waals surface area contributed by atoms with Crippen molar-refractivity contribution in [1.29, 1.82) is 0 Å². The SMILES string of the molecule is CCCCCCCCCn1ccc(C(CCC)NC)c1. The molecule has 2 heteroatoms. The summed E-state index contributed by atoms with van der Waals surface area (Å²) in [4.78, 5) is 0. The lowest BCUT2D eigenvalue weighted by Crippen LogP contribution is -2.15. The molecule has 1 atom stereocenters. The fourth-order valence-electron chi connectivity index (χ4n) is 2.82. The Morgan fingerprint density at radius 3 is 2.35 bits per heavy atom. The lowest BCUT2D eigenvalue weighted by atomic mass is 10.1. The van der Waals surface area contributed by atoms with E-state index in [1.807, 2.05) is 0 Å². The van der Waals surface area contributed by atoms with Gasteiger partial charge in [0.15, 0.2) is 0 Å². The molecule has 1 unspecified atom stereocenters. The Morgan fingerprint density at radius 2 is 1.70 bits per heavy atom. The summed E-state index contributed by atoms with van der Waals surface area (Å²) in [5.41, 5.74) is 1.44. The Balaban J connectivity index is 2.20. The van der Waals surface area contributed by atoms with Crippen molar-refractivity contribution >= 4 is 0 Å². The predicted octanol–water partition coefficient (Wildman–Crippen LogP) is 5.30. The number of aromatic nitrogens is 1. The molecule has 0 aromatic carbocycles. The predicted molar refractivity (Wildman–Crippen MR) is 89.1 cm³/mol. The van der Waals surface area contributed by atoms with Crippen molar-refractivity contribution in [2.24, 2.45) is 0 Å². The van der Waals surface area contributed by atoms with Gasteiger partial charge in [0.05, 0.1) is 0 Å². The van der Waals surface area contributed by atoms with E-state index in [0.717, 1.165) is 0 Å². The molecule has 0 saturated heterocycles. The maximum Gasteiger partial charge on any atom is 0.0332 e. The van der Waals surface area contributed by atoms with Crippen LogP contribution in [0.25, 0.3) is 0 Å². The Hall–Kier alpha value is -0.760. The van der Waals surface area contributed by atoms with E-state index in [2.05, 4.69) is 49.2 Å². The van der Waals surface area contributed by atoms with Gasteiger partial charge in [0.2, 0.25) is 0 Å². The number of nitrogens with one attached hydrogen (secondary N) is 1. The van der Waals surface area contributed by atoms with Gasteiger partial charge >= 0.3 is 0 Å². The van der Waals surface area contributed by atoms with Crippen molar-refractivity contribution in [3.63, 3.8) is 0 Å². The van der Waals surface area contributed by atoms with Crippen LogP contribution in [-0.2, 0) is 6.54 Å². The second-order valence-corrected chi connectivity index (χ2v) is 5.93. The van der Waals surface area contributed by atoms with Gasteiger partial charge in [0, 0.05) is 25.0 Å². The summed E-state index contributed by atoms with van der Waals surface area (Å²) < 4.78 is 2.36. The number of unbranched alkanes of at least 4 members (excludes halogenated alkanes) is 6. The quantitative estimate of drug-likeness (QED) is 0.513.